The van der Waals surface area contributed by atoms with Crippen LogP contribution in [0.2, 0.25) is 0 Å². The summed E-state index contributed by atoms with van der Waals surface area (Å²) in [6.07, 6.45) is 45.9. The second-order valence-electron chi connectivity index (χ2n) is 28.0. The average molecular weight is 1350 g/mol. The Labute approximate surface area is 562 Å². The summed E-state index contributed by atoms with van der Waals surface area (Å²) in [6.45, 7) is 14.1. The van der Waals surface area contributed by atoms with Crippen molar-refractivity contribution in [2.45, 2.75) is 382 Å². The third-order valence-electron chi connectivity index (χ3n) is 17.2. The summed E-state index contributed by atoms with van der Waals surface area (Å²) in [7, 11) is -9.91. The minimum absolute atomic E-state index is 0.105. The van der Waals surface area contributed by atoms with Gasteiger partial charge >= 0.3 is 39.5 Å². The summed E-state index contributed by atoms with van der Waals surface area (Å²) in [5, 5.41) is 10.6. The summed E-state index contributed by atoms with van der Waals surface area (Å²) in [5.74, 6) is 0.885. The van der Waals surface area contributed by atoms with Crippen molar-refractivity contribution in [1.29, 1.82) is 0 Å². The molecule has 17 nitrogen and oxygen atoms in total. The van der Waals surface area contributed by atoms with Gasteiger partial charge in [-0.05, 0) is 49.4 Å². The Kier molecular flexibility index (Phi) is 61.3. The number of carbonyl (C=O) groups excluding carboxylic acids is 4. The van der Waals surface area contributed by atoms with Crippen molar-refractivity contribution >= 4 is 39.5 Å². The molecule has 0 aromatic heterocycles. The van der Waals surface area contributed by atoms with Crippen LogP contribution in [0.3, 0.4) is 0 Å². The topological polar surface area (TPSA) is 237 Å². The molecule has 0 heterocycles. The molecule has 0 aliphatic carbocycles. The molecule has 0 amide bonds. The Morgan fingerprint density at radius 1 is 0.304 bits per heavy atom. The molecule has 0 spiro atoms. The summed E-state index contributed by atoms with van der Waals surface area (Å²) >= 11 is 0. The van der Waals surface area contributed by atoms with Gasteiger partial charge in [0, 0.05) is 25.7 Å². The molecule has 0 bridgehead atoms. The Bertz CT molecular complexity index is 1820. The van der Waals surface area contributed by atoms with E-state index in [9.17, 15) is 43.2 Å². The molecule has 6 atom stereocenters. The number of phosphoric ester groups is 2. The van der Waals surface area contributed by atoms with Crippen molar-refractivity contribution in [3.63, 3.8) is 0 Å². The number of carbonyl (C=O) groups is 4. The fraction of sp³-hybridized carbons (Fsp3) is 0.945. The third-order valence-corrected chi connectivity index (χ3v) is 19.1. The van der Waals surface area contributed by atoms with Gasteiger partial charge in [-0.3, -0.25) is 37.3 Å². The lowest BCUT2D eigenvalue weighted by molar-refractivity contribution is -0.161. The van der Waals surface area contributed by atoms with Gasteiger partial charge < -0.3 is 33.8 Å². The highest BCUT2D eigenvalue weighted by Gasteiger charge is 2.30. The van der Waals surface area contributed by atoms with Gasteiger partial charge in [-0.15, -0.1) is 0 Å². The molecule has 3 unspecified atom stereocenters. The van der Waals surface area contributed by atoms with Crippen molar-refractivity contribution in [3.05, 3.63) is 0 Å². The smallest absolute Gasteiger partial charge is 0.462 e. The molecule has 0 rings (SSSR count). The molecule has 0 radical (unpaired) electrons. The molecule has 0 aliphatic heterocycles. The van der Waals surface area contributed by atoms with Gasteiger partial charge in [0.25, 0.3) is 0 Å². The van der Waals surface area contributed by atoms with Crippen molar-refractivity contribution < 1.29 is 80.2 Å². The first-order valence-corrected chi connectivity index (χ1v) is 40.7. The van der Waals surface area contributed by atoms with E-state index in [2.05, 4.69) is 55.4 Å². The van der Waals surface area contributed by atoms with Crippen LogP contribution in [0.25, 0.3) is 0 Å². The van der Waals surface area contributed by atoms with Gasteiger partial charge in [-0.25, -0.2) is 9.13 Å². The van der Waals surface area contributed by atoms with Crippen molar-refractivity contribution in [2.24, 2.45) is 23.7 Å². The number of ether oxygens (including phenoxy) is 4. The predicted octanol–water partition coefficient (Wildman–Crippen LogP) is 20.9. The summed E-state index contributed by atoms with van der Waals surface area (Å²) in [5.41, 5.74) is 0. The van der Waals surface area contributed by atoms with Gasteiger partial charge in [0.15, 0.2) is 12.2 Å². The van der Waals surface area contributed by atoms with Crippen LogP contribution in [0.15, 0.2) is 0 Å². The predicted molar refractivity (Wildman–Crippen MR) is 372 cm³/mol. The second-order valence-corrected chi connectivity index (χ2v) is 30.9. The summed E-state index contributed by atoms with van der Waals surface area (Å²) < 4.78 is 68.4. The van der Waals surface area contributed by atoms with Crippen LogP contribution in [0.4, 0.5) is 0 Å². The number of esters is 4. The van der Waals surface area contributed by atoms with Crippen LogP contribution in [0.1, 0.15) is 364 Å². The number of rotatable bonds is 70. The quantitative estimate of drug-likeness (QED) is 0.0222. The van der Waals surface area contributed by atoms with Gasteiger partial charge in [0.1, 0.15) is 19.3 Å². The van der Waals surface area contributed by atoms with E-state index in [-0.39, 0.29) is 25.7 Å². The first kappa shape index (κ1) is 90.1. The van der Waals surface area contributed by atoms with E-state index in [1.165, 1.54) is 161 Å². The molecule has 0 aliphatic rings. The molecular formula is C73H142O17P2. The lowest BCUT2D eigenvalue weighted by Gasteiger charge is -2.21. The SMILES string of the molecule is CCC(C)CCCCCCCCC(=O)OC[C@H](COP(=O)(O)OC[C@H](O)COP(=O)(O)OC[C@@H](COC(=O)CCCCCCCCCCC(C)C)OC(=O)CCCCCCCCCCCCCCCCCC(C)C)OC(=O)CCCCCCCCCCCCC(C)C. The van der Waals surface area contributed by atoms with E-state index < -0.39 is 97.5 Å². The maximum absolute atomic E-state index is 13.0. The van der Waals surface area contributed by atoms with E-state index in [0.717, 1.165) is 120 Å². The van der Waals surface area contributed by atoms with Crippen LogP contribution in [-0.4, -0.2) is 96.7 Å². The summed E-state index contributed by atoms with van der Waals surface area (Å²) in [6, 6.07) is 0. The zero-order chi connectivity index (χ0) is 68.2. The normalized spacial score (nSPS) is 14.5. The highest BCUT2D eigenvalue weighted by Crippen LogP contribution is 2.45. The highest BCUT2D eigenvalue weighted by molar-refractivity contribution is 7.47. The molecular weight excluding hydrogens is 1210 g/mol. The molecule has 0 saturated carbocycles. The maximum Gasteiger partial charge on any atom is 0.472 e. The van der Waals surface area contributed by atoms with Crippen LogP contribution < -0.4 is 0 Å². The molecule has 92 heavy (non-hydrogen) atoms. The maximum atomic E-state index is 13.0. The number of phosphoric acid groups is 2. The van der Waals surface area contributed by atoms with Gasteiger partial charge in [0.2, 0.25) is 0 Å². The summed E-state index contributed by atoms with van der Waals surface area (Å²) in [4.78, 5) is 72.7. The Morgan fingerprint density at radius 2 is 0.522 bits per heavy atom. The Hall–Kier alpha value is -1.94. The first-order valence-electron chi connectivity index (χ1n) is 37.7. The van der Waals surface area contributed by atoms with Crippen LogP contribution in [0, 0.1) is 23.7 Å². The van der Waals surface area contributed by atoms with Gasteiger partial charge in [-0.2, -0.15) is 0 Å². The average Bonchev–Trinajstić information content (AvgIpc) is 3.16. The molecule has 0 aromatic carbocycles. The fourth-order valence-electron chi connectivity index (χ4n) is 11.0. The van der Waals surface area contributed by atoms with Crippen LogP contribution in [0.5, 0.6) is 0 Å². The largest absolute Gasteiger partial charge is 0.472 e. The molecule has 0 aromatic rings. The number of aliphatic hydroxyl groups is 1. The number of unbranched alkanes of at least 4 members (excludes halogenated alkanes) is 35. The first-order chi connectivity index (χ1) is 44.1. The van der Waals surface area contributed by atoms with Crippen molar-refractivity contribution in [1.82, 2.24) is 0 Å². The van der Waals surface area contributed by atoms with E-state index >= 15 is 0 Å². The number of hydrogen-bond donors (Lipinski definition) is 3. The fourth-order valence-corrected chi connectivity index (χ4v) is 12.6. The highest BCUT2D eigenvalue weighted by atomic mass is 31.2. The standard InChI is InChI=1S/C73H142O17P2/c1-9-66(8)52-44-36-31-32-38-46-54-71(76)84-60-69(90-73(78)56-48-40-30-22-18-17-20-26-34-42-50-64(4)5)62-88-92(81,82)86-58-67(74)57-85-91(79,80)87-61-68(59-83-70(75)53-45-37-28-24-23-27-35-43-51-65(6)7)89-72(77)55-47-39-29-21-16-14-12-10-11-13-15-19-25-33-41-49-63(2)3/h63-69,74H,9-62H2,1-8H3,(H,79,80)(H,81,82)/t66?,67-,68-,69-/m1/s1. The van der Waals surface area contributed by atoms with Gasteiger partial charge in [0.05, 0.1) is 26.4 Å². The zero-order valence-electron chi connectivity index (χ0n) is 60.2. The van der Waals surface area contributed by atoms with Crippen molar-refractivity contribution in [2.75, 3.05) is 39.6 Å². The van der Waals surface area contributed by atoms with E-state index in [0.29, 0.717) is 25.7 Å². The molecule has 3 N–H and O–H groups in total. The monoisotopic (exact) mass is 1350 g/mol. The lowest BCUT2D eigenvalue weighted by Crippen LogP contribution is -2.30. The minimum Gasteiger partial charge on any atom is -0.462 e. The molecule has 19 heteroatoms. The molecule has 0 fully saturated rings. The number of aliphatic hydroxyl groups excluding tert-OH is 1. The van der Waals surface area contributed by atoms with E-state index in [4.69, 9.17) is 37.0 Å². The van der Waals surface area contributed by atoms with Crippen LogP contribution in [-0.2, 0) is 65.4 Å². The molecule has 546 valence electrons. The van der Waals surface area contributed by atoms with E-state index in [1.54, 1.807) is 0 Å². The van der Waals surface area contributed by atoms with Crippen molar-refractivity contribution in [3.8, 4) is 0 Å². The lowest BCUT2D eigenvalue weighted by atomic mass is 10.00. The Balaban J connectivity index is 5.24. The van der Waals surface area contributed by atoms with E-state index in [1.807, 2.05) is 0 Å². The molecule has 0 saturated heterocycles. The Morgan fingerprint density at radius 3 is 0.772 bits per heavy atom. The third kappa shape index (κ3) is 65.4. The van der Waals surface area contributed by atoms with Gasteiger partial charge in [-0.1, -0.05) is 312 Å². The number of hydrogen-bond acceptors (Lipinski definition) is 15. The second kappa shape index (κ2) is 62.6. The van der Waals surface area contributed by atoms with Crippen LogP contribution >= 0.6 is 15.6 Å². The minimum atomic E-state index is -4.95. The zero-order valence-corrected chi connectivity index (χ0v) is 62.0.